The number of thiazole rings is 1. The zero-order valence-corrected chi connectivity index (χ0v) is 17.7. The third-order valence-electron chi connectivity index (χ3n) is 6.46. The van der Waals surface area contributed by atoms with E-state index in [0.717, 1.165) is 34.3 Å². The van der Waals surface area contributed by atoms with Gasteiger partial charge in [-0.25, -0.2) is 24.3 Å². The van der Waals surface area contributed by atoms with Crippen LogP contribution in [0.3, 0.4) is 0 Å². The molecule has 2 bridgehead atoms. The molecule has 2 aliphatic rings. The predicted octanol–water partition coefficient (Wildman–Crippen LogP) is 3.28. The van der Waals surface area contributed by atoms with Crippen molar-refractivity contribution in [2.45, 2.75) is 25.8 Å². The summed E-state index contributed by atoms with van der Waals surface area (Å²) in [4.78, 5) is 21.3. The lowest BCUT2D eigenvalue weighted by Gasteiger charge is -2.37. The molecule has 2 unspecified atom stereocenters. The average molecular weight is 424 g/mol. The smallest absolute Gasteiger partial charge is 0.188 e. The fraction of sp³-hybridized carbons (Fsp3) is 0.429. The van der Waals surface area contributed by atoms with Crippen LogP contribution >= 0.6 is 11.3 Å². The first-order chi connectivity index (χ1) is 14.6. The van der Waals surface area contributed by atoms with E-state index in [-0.39, 0.29) is 5.82 Å². The monoisotopic (exact) mass is 423 g/mol. The Morgan fingerprint density at radius 1 is 1.17 bits per heavy atom. The highest BCUT2D eigenvalue weighted by Gasteiger charge is 2.42. The van der Waals surface area contributed by atoms with Crippen molar-refractivity contribution in [3.8, 4) is 11.4 Å². The minimum absolute atomic E-state index is 0.315. The van der Waals surface area contributed by atoms with Gasteiger partial charge in [-0.15, -0.1) is 0 Å². The number of hydrogen-bond donors (Lipinski definition) is 1. The van der Waals surface area contributed by atoms with Gasteiger partial charge in [0.15, 0.2) is 22.4 Å². The molecule has 5 heterocycles. The number of aromatic nitrogens is 5. The van der Waals surface area contributed by atoms with Crippen LogP contribution in [0.4, 0.5) is 9.52 Å². The molecule has 4 aromatic rings. The lowest BCUT2D eigenvalue weighted by molar-refractivity contribution is 0.314. The minimum Gasteiger partial charge on any atom is -0.347 e. The first-order valence-electron chi connectivity index (χ1n) is 10.3. The molecule has 30 heavy (non-hydrogen) atoms. The average Bonchev–Trinajstić information content (AvgIpc) is 3.40. The predicted molar refractivity (Wildman–Crippen MR) is 115 cm³/mol. The topological polar surface area (TPSA) is 71.2 Å². The number of imidazole rings is 1. The first kappa shape index (κ1) is 18.1. The van der Waals surface area contributed by atoms with Crippen molar-refractivity contribution in [3.05, 3.63) is 36.2 Å². The van der Waals surface area contributed by atoms with Crippen molar-refractivity contribution in [2.24, 2.45) is 11.8 Å². The summed E-state index contributed by atoms with van der Waals surface area (Å²) in [5, 5.41) is 4.53. The maximum absolute atomic E-state index is 14.5. The molecule has 0 aromatic carbocycles. The van der Waals surface area contributed by atoms with E-state index in [1.165, 1.54) is 18.9 Å². The lowest BCUT2D eigenvalue weighted by atomic mass is 9.93. The number of rotatable bonds is 3. The normalized spacial score (nSPS) is 23.5. The van der Waals surface area contributed by atoms with Gasteiger partial charge in [0.2, 0.25) is 0 Å². The van der Waals surface area contributed by atoms with Crippen molar-refractivity contribution < 1.29 is 4.39 Å². The Morgan fingerprint density at radius 3 is 2.77 bits per heavy atom. The van der Waals surface area contributed by atoms with Crippen LogP contribution in [-0.2, 0) is 0 Å². The van der Waals surface area contributed by atoms with E-state index in [9.17, 15) is 4.39 Å². The van der Waals surface area contributed by atoms with Crippen LogP contribution in [0.15, 0.2) is 24.7 Å². The minimum atomic E-state index is -0.379. The van der Waals surface area contributed by atoms with E-state index in [1.807, 2.05) is 13.1 Å². The van der Waals surface area contributed by atoms with Crippen LogP contribution in [-0.4, -0.2) is 50.5 Å². The van der Waals surface area contributed by atoms with Crippen molar-refractivity contribution in [2.75, 3.05) is 25.0 Å². The third kappa shape index (κ3) is 2.79. The van der Waals surface area contributed by atoms with Gasteiger partial charge in [-0.3, -0.25) is 0 Å². The summed E-state index contributed by atoms with van der Waals surface area (Å²) in [6.07, 6.45) is 7.92. The fourth-order valence-electron chi connectivity index (χ4n) is 5.13. The van der Waals surface area contributed by atoms with Crippen LogP contribution in [0.25, 0.3) is 27.4 Å². The van der Waals surface area contributed by atoms with Crippen LogP contribution in [0, 0.1) is 24.6 Å². The molecule has 4 aromatic heterocycles. The molecule has 7 nitrogen and oxygen atoms in total. The molecular formula is C21H22FN7S. The molecule has 154 valence electrons. The molecule has 6 rings (SSSR count). The van der Waals surface area contributed by atoms with Gasteiger partial charge in [0.05, 0.1) is 11.9 Å². The highest BCUT2D eigenvalue weighted by molar-refractivity contribution is 7.21. The van der Waals surface area contributed by atoms with Crippen molar-refractivity contribution in [1.82, 2.24) is 29.7 Å². The molecule has 2 fully saturated rings. The molecule has 1 N–H and O–H groups in total. The maximum Gasteiger partial charge on any atom is 0.188 e. The van der Waals surface area contributed by atoms with E-state index in [0.29, 0.717) is 34.9 Å². The van der Waals surface area contributed by atoms with Gasteiger partial charge in [0.1, 0.15) is 10.3 Å². The molecule has 9 heteroatoms. The summed E-state index contributed by atoms with van der Waals surface area (Å²) in [5.41, 5.74) is 2.49. The number of anilines is 1. The van der Waals surface area contributed by atoms with Crippen LogP contribution in [0.1, 0.15) is 18.5 Å². The number of fused-ring (bicyclic) bond motifs is 4. The van der Waals surface area contributed by atoms with E-state index in [1.54, 1.807) is 28.1 Å². The standard InChI is InChI=1S/C21H22FN7S/c1-11-9-29-10-14(5-15(22)19(29)25-11)18-24-8-16-20(27-18)30-21(26-16)28(2)17-12-3-4-13(17)7-23-6-12/h5,8-10,12-13,17,23H,3-4,6-7H2,1-2H3. The summed E-state index contributed by atoms with van der Waals surface area (Å²) in [6.45, 7) is 4.02. The summed E-state index contributed by atoms with van der Waals surface area (Å²) < 4.78 is 16.2. The number of nitrogens with one attached hydrogen (secondary N) is 1. The van der Waals surface area contributed by atoms with Crippen molar-refractivity contribution in [3.63, 3.8) is 0 Å². The van der Waals surface area contributed by atoms with Gasteiger partial charge in [0, 0.05) is 31.0 Å². The Hall–Kier alpha value is -2.65. The maximum atomic E-state index is 14.5. The molecule has 1 aliphatic heterocycles. The van der Waals surface area contributed by atoms with E-state index in [2.05, 4.69) is 27.2 Å². The Balaban J connectivity index is 1.36. The second kappa shape index (κ2) is 6.68. The molecule has 0 radical (unpaired) electrons. The Labute approximate surface area is 177 Å². The Bertz CT molecular complexity index is 1250. The lowest BCUT2D eigenvalue weighted by Crippen LogP contribution is -2.50. The second-order valence-electron chi connectivity index (χ2n) is 8.43. The quantitative estimate of drug-likeness (QED) is 0.545. The SMILES string of the molecule is Cc1cn2cc(-c3ncc4nc(N(C)C5C6CCC5CNC6)sc4n3)cc(F)c2n1. The van der Waals surface area contributed by atoms with Gasteiger partial charge in [-0.1, -0.05) is 11.3 Å². The molecule has 1 saturated carbocycles. The van der Waals surface area contributed by atoms with Gasteiger partial charge in [-0.2, -0.15) is 0 Å². The van der Waals surface area contributed by atoms with Gasteiger partial charge >= 0.3 is 0 Å². The van der Waals surface area contributed by atoms with E-state index in [4.69, 9.17) is 9.97 Å². The Kier molecular flexibility index (Phi) is 4.04. The largest absolute Gasteiger partial charge is 0.347 e. The first-order valence-corrected chi connectivity index (χ1v) is 11.1. The molecule has 2 atom stereocenters. The van der Waals surface area contributed by atoms with Crippen molar-refractivity contribution in [1.29, 1.82) is 0 Å². The molecular weight excluding hydrogens is 401 g/mol. The summed E-state index contributed by atoms with van der Waals surface area (Å²) in [7, 11) is 2.15. The zero-order valence-electron chi connectivity index (χ0n) is 16.8. The van der Waals surface area contributed by atoms with Crippen molar-refractivity contribution >= 4 is 32.5 Å². The fourth-order valence-corrected chi connectivity index (χ4v) is 6.05. The summed E-state index contributed by atoms with van der Waals surface area (Å²) in [5.74, 6) is 1.47. The van der Waals surface area contributed by atoms with E-state index >= 15 is 0 Å². The second-order valence-corrected chi connectivity index (χ2v) is 9.38. The number of nitrogens with zero attached hydrogens (tertiary/aromatic N) is 6. The van der Waals surface area contributed by atoms with Crippen LogP contribution in [0.2, 0.25) is 0 Å². The Morgan fingerprint density at radius 2 is 1.97 bits per heavy atom. The number of pyridine rings is 1. The third-order valence-corrected chi connectivity index (χ3v) is 7.52. The summed E-state index contributed by atoms with van der Waals surface area (Å²) in [6, 6.07) is 1.98. The molecule has 1 saturated heterocycles. The summed E-state index contributed by atoms with van der Waals surface area (Å²) >= 11 is 1.58. The molecule has 0 spiro atoms. The van der Waals surface area contributed by atoms with Crippen LogP contribution in [0.5, 0.6) is 0 Å². The van der Waals surface area contributed by atoms with Gasteiger partial charge in [0.25, 0.3) is 0 Å². The number of aryl methyl sites for hydroxylation is 1. The number of halogens is 1. The highest BCUT2D eigenvalue weighted by atomic mass is 32.1. The molecule has 0 amide bonds. The van der Waals surface area contributed by atoms with Crippen LogP contribution < -0.4 is 10.2 Å². The molecule has 1 aliphatic carbocycles. The highest BCUT2D eigenvalue weighted by Crippen LogP contribution is 2.40. The van der Waals surface area contributed by atoms with Gasteiger partial charge in [-0.05, 0) is 50.8 Å². The number of hydrogen-bond acceptors (Lipinski definition) is 7. The zero-order chi connectivity index (χ0) is 20.4. The number of piperidine rings is 1. The van der Waals surface area contributed by atoms with E-state index < -0.39 is 0 Å². The van der Waals surface area contributed by atoms with Gasteiger partial charge < -0.3 is 14.6 Å².